The molecule has 18 heavy (non-hydrogen) atoms. The highest BCUT2D eigenvalue weighted by Crippen LogP contribution is 2.28. The molecular formula is C13H14ClN3O. The Kier molecular flexibility index (Phi) is 3.06. The van der Waals surface area contributed by atoms with Crippen molar-refractivity contribution in [2.75, 3.05) is 13.1 Å². The molecule has 3 rings (SSSR count). The first-order chi connectivity index (χ1) is 8.77. The standard InChI is InChI=1S/C13H14ClN3O/c14-10-3-5-16-13-11(10)9(7-17-13)12(18)8-2-1-4-15-6-8/h3,5,7-8,15H,1-2,4,6H2,(H,16,17). The normalized spacial score (nSPS) is 20.2. The molecule has 5 heteroatoms. The Morgan fingerprint density at radius 2 is 2.39 bits per heavy atom. The van der Waals surface area contributed by atoms with Crippen molar-refractivity contribution in [2.24, 2.45) is 5.92 Å². The van der Waals surface area contributed by atoms with Gasteiger partial charge in [-0.25, -0.2) is 4.98 Å². The third kappa shape index (κ3) is 1.91. The van der Waals surface area contributed by atoms with Crippen LogP contribution in [0.25, 0.3) is 11.0 Å². The lowest BCUT2D eigenvalue weighted by Gasteiger charge is -2.21. The zero-order valence-corrected chi connectivity index (χ0v) is 10.6. The fourth-order valence-corrected chi connectivity index (χ4v) is 2.75. The number of carbonyl (C=O) groups excluding carboxylic acids is 1. The number of hydrogen-bond donors (Lipinski definition) is 2. The second-order valence-electron chi connectivity index (χ2n) is 4.63. The summed E-state index contributed by atoms with van der Waals surface area (Å²) in [5.41, 5.74) is 1.34. The largest absolute Gasteiger partial charge is 0.345 e. The van der Waals surface area contributed by atoms with Gasteiger partial charge in [-0.15, -0.1) is 0 Å². The minimum atomic E-state index is 0.0500. The maximum absolute atomic E-state index is 12.5. The van der Waals surface area contributed by atoms with Crippen LogP contribution in [0.3, 0.4) is 0 Å². The number of aromatic nitrogens is 2. The van der Waals surface area contributed by atoms with E-state index in [9.17, 15) is 4.79 Å². The molecule has 0 aliphatic carbocycles. The van der Waals surface area contributed by atoms with Gasteiger partial charge in [-0.1, -0.05) is 11.6 Å². The molecule has 0 bridgehead atoms. The number of fused-ring (bicyclic) bond motifs is 1. The Hall–Kier alpha value is -1.39. The number of Topliss-reactive ketones (excluding diaryl/α,β-unsaturated/α-hetero) is 1. The zero-order chi connectivity index (χ0) is 12.5. The predicted molar refractivity (Wildman–Crippen MR) is 71.0 cm³/mol. The smallest absolute Gasteiger partial charge is 0.169 e. The number of nitrogens with one attached hydrogen (secondary N) is 2. The first kappa shape index (κ1) is 11.7. The van der Waals surface area contributed by atoms with E-state index in [-0.39, 0.29) is 11.7 Å². The van der Waals surface area contributed by atoms with Gasteiger partial charge in [-0.05, 0) is 25.5 Å². The van der Waals surface area contributed by atoms with Crippen molar-refractivity contribution in [3.05, 3.63) is 29.0 Å². The van der Waals surface area contributed by atoms with Gasteiger partial charge < -0.3 is 10.3 Å². The molecule has 1 unspecified atom stereocenters. The van der Waals surface area contributed by atoms with Crippen molar-refractivity contribution in [1.29, 1.82) is 0 Å². The molecule has 1 aliphatic rings. The second kappa shape index (κ2) is 4.71. The maximum Gasteiger partial charge on any atom is 0.169 e. The number of carbonyl (C=O) groups is 1. The van der Waals surface area contributed by atoms with Gasteiger partial charge in [0.25, 0.3) is 0 Å². The third-order valence-electron chi connectivity index (χ3n) is 3.46. The van der Waals surface area contributed by atoms with Crippen LogP contribution in [0.1, 0.15) is 23.2 Å². The molecule has 1 fully saturated rings. The highest BCUT2D eigenvalue weighted by molar-refractivity contribution is 6.36. The lowest BCUT2D eigenvalue weighted by Crippen LogP contribution is -2.34. The van der Waals surface area contributed by atoms with E-state index in [2.05, 4.69) is 15.3 Å². The number of nitrogens with zero attached hydrogens (tertiary/aromatic N) is 1. The molecule has 3 heterocycles. The van der Waals surface area contributed by atoms with E-state index in [1.807, 2.05) is 0 Å². The van der Waals surface area contributed by atoms with Crippen LogP contribution in [0, 0.1) is 5.92 Å². The van der Waals surface area contributed by atoms with Gasteiger partial charge >= 0.3 is 0 Å². The van der Waals surface area contributed by atoms with Gasteiger partial charge in [0, 0.05) is 35.8 Å². The number of H-pyrrole nitrogens is 1. The average molecular weight is 264 g/mol. The molecule has 0 saturated carbocycles. The SMILES string of the molecule is O=C(c1c[nH]c2nccc(Cl)c12)C1CCCNC1. The minimum absolute atomic E-state index is 0.0500. The van der Waals surface area contributed by atoms with Crippen LogP contribution in [0.5, 0.6) is 0 Å². The van der Waals surface area contributed by atoms with E-state index in [4.69, 9.17) is 11.6 Å². The number of rotatable bonds is 2. The van der Waals surface area contributed by atoms with Crippen molar-refractivity contribution in [2.45, 2.75) is 12.8 Å². The number of pyridine rings is 1. The van der Waals surface area contributed by atoms with E-state index in [1.165, 1.54) is 0 Å². The Balaban J connectivity index is 2.01. The highest BCUT2D eigenvalue weighted by atomic mass is 35.5. The molecule has 94 valence electrons. The number of aromatic amines is 1. The lowest BCUT2D eigenvalue weighted by molar-refractivity contribution is 0.0901. The molecule has 0 spiro atoms. The summed E-state index contributed by atoms with van der Waals surface area (Å²) in [5, 5.41) is 4.58. The van der Waals surface area contributed by atoms with Crippen LogP contribution in [0.4, 0.5) is 0 Å². The molecule has 1 saturated heterocycles. The van der Waals surface area contributed by atoms with Crippen LogP contribution in [-0.4, -0.2) is 28.8 Å². The van der Waals surface area contributed by atoms with Gasteiger partial charge in [-0.3, -0.25) is 4.79 Å². The summed E-state index contributed by atoms with van der Waals surface area (Å²) in [7, 11) is 0. The summed E-state index contributed by atoms with van der Waals surface area (Å²) in [6.07, 6.45) is 5.35. The number of hydrogen-bond acceptors (Lipinski definition) is 3. The molecular weight excluding hydrogens is 250 g/mol. The maximum atomic E-state index is 12.5. The number of ketones is 1. The fraction of sp³-hybridized carbons (Fsp3) is 0.385. The molecule has 2 aromatic rings. The van der Waals surface area contributed by atoms with E-state index in [0.29, 0.717) is 16.2 Å². The molecule has 1 aliphatic heterocycles. The topological polar surface area (TPSA) is 57.8 Å². The van der Waals surface area contributed by atoms with Crippen LogP contribution >= 0.6 is 11.6 Å². The average Bonchev–Trinajstić information content (AvgIpc) is 2.84. The van der Waals surface area contributed by atoms with Crippen molar-refractivity contribution in [3.63, 3.8) is 0 Å². The van der Waals surface area contributed by atoms with Crippen molar-refractivity contribution < 1.29 is 4.79 Å². The van der Waals surface area contributed by atoms with Crippen molar-refractivity contribution >= 4 is 28.4 Å². The minimum Gasteiger partial charge on any atom is -0.345 e. The van der Waals surface area contributed by atoms with E-state index < -0.39 is 0 Å². The third-order valence-corrected chi connectivity index (χ3v) is 3.77. The Morgan fingerprint density at radius 1 is 1.50 bits per heavy atom. The molecule has 4 nitrogen and oxygen atoms in total. The van der Waals surface area contributed by atoms with Crippen LogP contribution in [0.15, 0.2) is 18.5 Å². The van der Waals surface area contributed by atoms with E-state index in [0.717, 1.165) is 31.3 Å². The van der Waals surface area contributed by atoms with Crippen molar-refractivity contribution in [1.82, 2.24) is 15.3 Å². The van der Waals surface area contributed by atoms with Crippen LogP contribution < -0.4 is 5.32 Å². The van der Waals surface area contributed by atoms with E-state index >= 15 is 0 Å². The summed E-state index contributed by atoms with van der Waals surface area (Å²) in [6.45, 7) is 1.75. The Bertz CT molecular complexity index is 587. The van der Waals surface area contributed by atoms with Crippen LogP contribution in [-0.2, 0) is 0 Å². The summed E-state index contributed by atoms with van der Waals surface area (Å²) in [4.78, 5) is 19.7. The van der Waals surface area contributed by atoms with Crippen molar-refractivity contribution in [3.8, 4) is 0 Å². The lowest BCUT2D eigenvalue weighted by atomic mass is 9.91. The summed E-state index contributed by atoms with van der Waals surface area (Å²) in [5.74, 6) is 0.206. The first-order valence-corrected chi connectivity index (χ1v) is 6.51. The monoisotopic (exact) mass is 263 g/mol. The van der Waals surface area contributed by atoms with Gasteiger partial charge in [0.1, 0.15) is 5.65 Å². The summed E-state index contributed by atoms with van der Waals surface area (Å²) in [6, 6.07) is 1.72. The zero-order valence-electron chi connectivity index (χ0n) is 9.87. The molecule has 0 amide bonds. The highest BCUT2D eigenvalue weighted by Gasteiger charge is 2.25. The van der Waals surface area contributed by atoms with Gasteiger partial charge in [0.15, 0.2) is 5.78 Å². The molecule has 1 atom stereocenters. The van der Waals surface area contributed by atoms with Gasteiger partial charge in [0.05, 0.1) is 5.02 Å². The quantitative estimate of drug-likeness (QED) is 0.818. The molecule has 0 aromatic carbocycles. The summed E-state index contributed by atoms with van der Waals surface area (Å²) < 4.78 is 0. The Labute approximate surface area is 110 Å². The number of piperidine rings is 1. The molecule has 2 N–H and O–H groups in total. The van der Waals surface area contributed by atoms with Gasteiger partial charge in [0.2, 0.25) is 0 Å². The first-order valence-electron chi connectivity index (χ1n) is 6.14. The van der Waals surface area contributed by atoms with Crippen LogP contribution in [0.2, 0.25) is 5.02 Å². The summed E-state index contributed by atoms with van der Waals surface area (Å²) >= 11 is 6.16. The van der Waals surface area contributed by atoms with Gasteiger partial charge in [-0.2, -0.15) is 0 Å². The second-order valence-corrected chi connectivity index (χ2v) is 5.03. The predicted octanol–water partition coefficient (Wildman–Crippen LogP) is 2.40. The fourth-order valence-electron chi connectivity index (χ4n) is 2.51. The number of halogens is 1. The van der Waals surface area contributed by atoms with E-state index in [1.54, 1.807) is 18.5 Å². The molecule has 0 radical (unpaired) electrons. The Morgan fingerprint density at radius 3 is 3.17 bits per heavy atom. The molecule has 2 aromatic heterocycles.